The molecule has 4 heteroatoms. The largest absolute Gasteiger partial charge is 0.397 e. The first-order valence-electron chi connectivity index (χ1n) is 8.67. The fraction of sp³-hybridized carbons (Fsp3) is 0.238. The van der Waals surface area contributed by atoms with E-state index in [1.807, 2.05) is 23.1 Å². The van der Waals surface area contributed by atoms with Crippen molar-refractivity contribution >= 4 is 22.5 Å². The molecule has 4 rings (SSSR count). The molecule has 25 heavy (non-hydrogen) atoms. The normalized spacial score (nSPS) is 13.5. The number of hydrogen-bond acceptors (Lipinski definition) is 3. The third kappa shape index (κ3) is 2.45. The predicted molar refractivity (Wildman–Crippen MR) is 101 cm³/mol. The number of hydrogen-bond donors (Lipinski definition) is 1. The molecule has 3 aromatic rings. The zero-order valence-electron chi connectivity index (χ0n) is 14.5. The Kier molecular flexibility index (Phi) is 3.68. The summed E-state index contributed by atoms with van der Waals surface area (Å²) in [5.74, 6) is 0.00436. The summed E-state index contributed by atoms with van der Waals surface area (Å²) >= 11 is 0. The van der Waals surface area contributed by atoms with Gasteiger partial charge in [0.05, 0.1) is 29.0 Å². The number of carbonyl (C=O) groups excluding carboxylic acids is 1. The third-order valence-corrected chi connectivity index (χ3v) is 4.80. The molecule has 126 valence electrons. The second-order valence-electron chi connectivity index (χ2n) is 6.65. The molecule has 0 fully saturated rings. The lowest BCUT2D eigenvalue weighted by Crippen LogP contribution is -2.24. The van der Waals surface area contributed by atoms with Crippen LogP contribution in [0.5, 0.6) is 0 Å². The Morgan fingerprint density at radius 2 is 2.00 bits per heavy atom. The number of para-hydroxylation sites is 1. The number of aryl methyl sites for hydroxylation is 1. The van der Waals surface area contributed by atoms with Gasteiger partial charge in [-0.25, -0.2) is 4.98 Å². The van der Waals surface area contributed by atoms with Gasteiger partial charge < -0.3 is 10.6 Å². The van der Waals surface area contributed by atoms with Gasteiger partial charge in [-0.2, -0.15) is 0 Å². The number of nitrogen functional groups attached to an aromatic ring is 1. The number of nitrogens with two attached hydrogens (primary N) is 1. The molecule has 0 saturated heterocycles. The average Bonchev–Trinajstić information content (AvgIpc) is 2.91. The Morgan fingerprint density at radius 3 is 2.76 bits per heavy atom. The Balaban J connectivity index is 1.95. The zero-order chi connectivity index (χ0) is 17.6. The van der Waals surface area contributed by atoms with E-state index in [2.05, 4.69) is 38.1 Å². The van der Waals surface area contributed by atoms with Crippen LogP contribution in [-0.4, -0.2) is 22.3 Å². The Bertz CT molecular complexity index is 994. The lowest BCUT2D eigenvalue weighted by molar-refractivity contribution is 0.0779. The van der Waals surface area contributed by atoms with Gasteiger partial charge in [0.15, 0.2) is 0 Å². The zero-order valence-corrected chi connectivity index (χ0v) is 14.5. The van der Waals surface area contributed by atoms with Crippen LogP contribution in [0.2, 0.25) is 0 Å². The summed E-state index contributed by atoms with van der Waals surface area (Å²) in [6, 6.07) is 14.4. The van der Waals surface area contributed by atoms with Crippen molar-refractivity contribution in [3.8, 4) is 11.1 Å². The summed E-state index contributed by atoms with van der Waals surface area (Å²) in [7, 11) is 0. The minimum Gasteiger partial charge on any atom is -0.397 e. The van der Waals surface area contributed by atoms with Gasteiger partial charge in [0.1, 0.15) is 0 Å². The van der Waals surface area contributed by atoms with E-state index in [4.69, 9.17) is 10.7 Å². The molecule has 0 aliphatic carbocycles. The standard InChI is InChI=1S/C21H21N3O/c1-3-10-24-12-17-18(21(24)25)19(22)16-9-5-8-15(20(16)23-17)14-7-4-6-13(2)11-14/h4-9,11H,3,10,12H2,1-2H3,(H2,22,23). The maximum atomic E-state index is 12.7. The van der Waals surface area contributed by atoms with Crippen molar-refractivity contribution in [1.29, 1.82) is 0 Å². The van der Waals surface area contributed by atoms with E-state index >= 15 is 0 Å². The number of carbonyl (C=O) groups is 1. The van der Waals surface area contributed by atoms with E-state index in [9.17, 15) is 4.79 Å². The van der Waals surface area contributed by atoms with Crippen LogP contribution >= 0.6 is 0 Å². The van der Waals surface area contributed by atoms with Crippen LogP contribution in [0.4, 0.5) is 5.69 Å². The van der Waals surface area contributed by atoms with E-state index in [0.717, 1.165) is 40.7 Å². The van der Waals surface area contributed by atoms with Crippen molar-refractivity contribution < 1.29 is 4.79 Å². The molecule has 4 nitrogen and oxygen atoms in total. The van der Waals surface area contributed by atoms with Gasteiger partial charge in [-0.3, -0.25) is 4.79 Å². The lowest BCUT2D eigenvalue weighted by atomic mass is 9.98. The Hall–Kier alpha value is -2.88. The molecule has 1 aromatic heterocycles. The first-order chi connectivity index (χ1) is 12.1. The molecule has 0 bridgehead atoms. The monoisotopic (exact) mass is 331 g/mol. The van der Waals surface area contributed by atoms with Crippen molar-refractivity contribution in [3.63, 3.8) is 0 Å². The minimum absolute atomic E-state index is 0.00436. The van der Waals surface area contributed by atoms with Gasteiger partial charge in [0.25, 0.3) is 5.91 Å². The molecule has 2 heterocycles. The number of nitrogens with zero attached hydrogens (tertiary/aromatic N) is 2. The van der Waals surface area contributed by atoms with Gasteiger partial charge in [-0.05, 0) is 18.9 Å². The van der Waals surface area contributed by atoms with Gasteiger partial charge in [-0.1, -0.05) is 55.0 Å². The summed E-state index contributed by atoms with van der Waals surface area (Å²) in [6.07, 6.45) is 0.924. The van der Waals surface area contributed by atoms with Crippen LogP contribution in [-0.2, 0) is 6.54 Å². The second-order valence-corrected chi connectivity index (χ2v) is 6.65. The molecule has 1 aliphatic heterocycles. The van der Waals surface area contributed by atoms with Crippen LogP contribution in [0.3, 0.4) is 0 Å². The van der Waals surface area contributed by atoms with Crippen molar-refractivity contribution in [2.24, 2.45) is 0 Å². The summed E-state index contributed by atoms with van der Waals surface area (Å²) in [6.45, 7) is 5.43. The number of aromatic nitrogens is 1. The Labute approximate surface area is 147 Å². The SMILES string of the molecule is CCCN1Cc2nc3c(-c4cccc(C)c4)cccc3c(N)c2C1=O. The molecule has 0 saturated carbocycles. The maximum absolute atomic E-state index is 12.7. The van der Waals surface area contributed by atoms with Crippen molar-refractivity contribution in [3.05, 3.63) is 59.3 Å². The van der Waals surface area contributed by atoms with Crippen LogP contribution in [0.1, 0.15) is 35.0 Å². The van der Waals surface area contributed by atoms with E-state index in [0.29, 0.717) is 17.8 Å². The number of anilines is 1. The van der Waals surface area contributed by atoms with Crippen LogP contribution in [0.15, 0.2) is 42.5 Å². The molecule has 2 N–H and O–H groups in total. The highest BCUT2D eigenvalue weighted by molar-refractivity contribution is 6.11. The molecule has 0 atom stereocenters. The molecule has 2 aromatic carbocycles. The lowest BCUT2D eigenvalue weighted by Gasteiger charge is -2.13. The van der Waals surface area contributed by atoms with Gasteiger partial charge >= 0.3 is 0 Å². The quantitative estimate of drug-likeness (QED) is 0.784. The number of fused-ring (bicyclic) bond motifs is 2. The summed E-state index contributed by atoms with van der Waals surface area (Å²) in [5.41, 5.74) is 12.6. The number of benzene rings is 2. The van der Waals surface area contributed by atoms with Gasteiger partial charge in [-0.15, -0.1) is 0 Å². The molecule has 0 radical (unpaired) electrons. The van der Waals surface area contributed by atoms with E-state index < -0.39 is 0 Å². The Morgan fingerprint density at radius 1 is 1.20 bits per heavy atom. The van der Waals surface area contributed by atoms with Gasteiger partial charge in [0.2, 0.25) is 0 Å². The first kappa shape index (κ1) is 15.6. The fourth-order valence-electron chi connectivity index (χ4n) is 3.62. The summed E-state index contributed by atoms with van der Waals surface area (Å²) in [5, 5.41) is 0.851. The van der Waals surface area contributed by atoms with E-state index in [-0.39, 0.29) is 5.91 Å². The minimum atomic E-state index is 0.00436. The van der Waals surface area contributed by atoms with Crippen LogP contribution in [0, 0.1) is 6.92 Å². The molecular formula is C21H21N3O. The molecule has 1 amide bonds. The van der Waals surface area contributed by atoms with E-state index in [1.165, 1.54) is 5.56 Å². The number of pyridine rings is 1. The van der Waals surface area contributed by atoms with Crippen molar-refractivity contribution in [2.45, 2.75) is 26.8 Å². The molecular weight excluding hydrogens is 310 g/mol. The number of rotatable bonds is 3. The fourth-order valence-corrected chi connectivity index (χ4v) is 3.62. The average molecular weight is 331 g/mol. The van der Waals surface area contributed by atoms with E-state index in [1.54, 1.807) is 0 Å². The predicted octanol–water partition coefficient (Wildman–Crippen LogP) is 4.16. The van der Waals surface area contributed by atoms with Crippen molar-refractivity contribution in [2.75, 3.05) is 12.3 Å². The summed E-state index contributed by atoms with van der Waals surface area (Å²) in [4.78, 5) is 19.4. The second kappa shape index (κ2) is 5.88. The first-order valence-corrected chi connectivity index (χ1v) is 8.67. The topological polar surface area (TPSA) is 59.2 Å². The summed E-state index contributed by atoms with van der Waals surface area (Å²) < 4.78 is 0. The smallest absolute Gasteiger partial charge is 0.258 e. The van der Waals surface area contributed by atoms with Crippen LogP contribution in [0.25, 0.3) is 22.0 Å². The highest BCUT2D eigenvalue weighted by Gasteiger charge is 2.31. The molecule has 0 spiro atoms. The van der Waals surface area contributed by atoms with Gasteiger partial charge in [0, 0.05) is 17.5 Å². The van der Waals surface area contributed by atoms with Crippen molar-refractivity contribution in [1.82, 2.24) is 9.88 Å². The maximum Gasteiger partial charge on any atom is 0.258 e. The van der Waals surface area contributed by atoms with Crippen LogP contribution < -0.4 is 5.73 Å². The molecule has 1 aliphatic rings. The highest BCUT2D eigenvalue weighted by atomic mass is 16.2. The highest BCUT2D eigenvalue weighted by Crippen LogP contribution is 2.36. The number of amides is 1. The third-order valence-electron chi connectivity index (χ3n) is 4.80. The molecule has 0 unspecified atom stereocenters.